The molecule has 2 heterocycles. The molecule has 0 unspecified atom stereocenters. The molecular weight excluding hydrogens is 218 g/mol. The maximum absolute atomic E-state index is 10.8. The molecule has 2 rings (SSSR count). The van der Waals surface area contributed by atoms with Crippen molar-refractivity contribution in [3.05, 3.63) is 30.4 Å². The fourth-order valence-electron chi connectivity index (χ4n) is 0.940. The molecule has 0 radical (unpaired) electrons. The summed E-state index contributed by atoms with van der Waals surface area (Å²) in [5.74, 6) is -0.918. The summed E-state index contributed by atoms with van der Waals surface area (Å²) in [5, 5.41) is 9.14. The van der Waals surface area contributed by atoms with Gasteiger partial charge in [0.2, 0.25) is 0 Å². The van der Waals surface area contributed by atoms with E-state index in [0.29, 0.717) is 0 Å². The van der Waals surface area contributed by atoms with E-state index in [1.54, 1.807) is 0 Å². The Bertz CT molecular complexity index is 472. The Balaban J connectivity index is 2.32. The number of aromatic nitrogens is 3. The van der Waals surface area contributed by atoms with Crippen LogP contribution in [0.4, 0.5) is 0 Å². The number of carboxylic acids is 1. The van der Waals surface area contributed by atoms with Gasteiger partial charge >= 0.3 is 5.97 Å². The number of ether oxygens (including phenoxy) is 1. The summed E-state index contributed by atoms with van der Waals surface area (Å²) in [4.78, 5) is 18.4. The molecule has 0 fully saturated rings. The van der Waals surface area contributed by atoms with Gasteiger partial charge in [-0.2, -0.15) is 9.36 Å². The van der Waals surface area contributed by atoms with E-state index in [1.807, 2.05) is 0 Å². The molecule has 0 spiro atoms. The lowest BCUT2D eigenvalue weighted by Gasteiger charge is -2.03. The van der Waals surface area contributed by atoms with Crippen molar-refractivity contribution in [2.24, 2.45) is 0 Å². The molecule has 76 valence electrons. The summed E-state index contributed by atoms with van der Waals surface area (Å²) < 4.78 is 8.94. The number of pyridine rings is 1. The number of hydrogen-bond acceptors (Lipinski definition) is 6. The minimum Gasteiger partial charge on any atom is -0.478 e. The van der Waals surface area contributed by atoms with Gasteiger partial charge in [0.15, 0.2) is 5.75 Å². The zero-order chi connectivity index (χ0) is 10.7. The maximum atomic E-state index is 10.8. The monoisotopic (exact) mass is 223 g/mol. The Labute approximate surface area is 88.4 Å². The van der Waals surface area contributed by atoms with Crippen LogP contribution in [0.25, 0.3) is 0 Å². The van der Waals surface area contributed by atoms with E-state index in [1.165, 1.54) is 24.8 Å². The zero-order valence-corrected chi connectivity index (χ0v) is 8.14. The molecule has 0 amide bonds. The molecule has 0 aliphatic carbocycles. The molecule has 0 saturated carbocycles. The zero-order valence-electron chi connectivity index (χ0n) is 7.32. The highest BCUT2D eigenvalue weighted by Crippen LogP contribution is 2.24. The van der Waals surface area contributed by atoms with Gasteiger partial charge in [0.1, 0.15) is 11.9 Å². The van der Waals surface area contributed by atoms with Gasteiger partial charge in [0.25, 0.3) is 5.19 Å². The number of carboxylic acid groups (broad SMARTS) is 1. The summed E-state index contributed by atoms with van der Waals surface area (Å²) in [7, 11) is 0. The fraction of sp³-hybridized carbons (Fsp3) is 0. The van der Waals surface area contributed by atoms with E-state index >= 15 is 0 Å². The SMILES string of the molecule is O=C(O)c1ccncc1Oc1ncns1. The van der Waals surface area contributed by atoms with Crippen LogP contribution in [0.2, 0.25) is 0 Å². The molecule has 0 aliphatic heterocycles. The number of aromatic carboxylic acids is 1. The molecule has 6 nitrogen and oxygen atoms in total. The summed E-state index contributed by atoms with van der Waals surface area (Å²) in [6.45, 7) is 0. The minimum absolute atomic E-state index is 0.0419. The number of hydrogen-bond donors (Lipinski definition) is 1. The predicted octanol–water partition coefficient (Wildman–Crippen LogP) is 1.42. The molecule has 7 heteroatoms. The van der Waals surface area contributed by atoms with Gasteiger partial charge in [-0.1, -0.05) is 0 Å². The summed E-state index contributed by atoms with van der Waals surface area (Å²) in [5.41, 5.74) is 0.0419. The second kappa shape index (κ2) is 4.01. The lowest BCUT2D eigenvalue weighted by Crippen LogP contribution is -2.00. The average Bonchev–Trinajstić information content (AvgIpc) is 2.71. The van der Waals surface area contributed by atoms with Crippen LogP contribution in [0, 0.1) is 0 Å². The van der Waals surface area contributed by atoms with E-state index in [2.05, 4.69) is 14.3 Å². The first-order chi connectivity index (χ1) is 7.27. The van der Waals surface area contributed by atoms with Crippen LogP contribution in [0.3, 0.4) is 0 Å². The number of carbonyl (C=O) groups is 1. The molecule has 0 atom stereocenters. The highest BCUT2D eigenvalue weighted by Gasteiger charge is 2.12. The molecule has 2 aromatic heterocycles. The molecule has 0 saturated heterocycles. The Kier molecular flexibility index (Phi) is 2.55. The normalized spacial score (nSPS) is 9.87. The molecule has 2 aromatic rings. The second-order valence-corrected chi connectivity index (χ2v) is 3.23. The van der Waals surface area contributed by atoms with Gasteiger partial charge in [-0.3, -0.25) is 4.98 Å². The van der Waals surface area contributed by atoms with E-state index < -0.39 is 5.97 Å². The van der Waals surface area contributed by atoms with Gasteiger partial charge in [0.05, 0.1) is 6.20 Å². The lowest BCUT2D eigenvalue weighted by molar-refractivity contribution is 0.0694. The Morgan fingerprint density at radius 3 is 3.07 bits per heavy atom. The average molecular weight is 223 g/mol. The van der Waals surface area contributed by atoms with Crippen molar-refractivity contribution < 1.29 is 14.6 Å². The van der Waals surface area contributed by atoms with E-state index in [-0.39, 0.29) is 16.5 Å². The highest BCUT2D eigenvalue weighted by atomic mass is 32.1. The van der Waals surface area contributed by atoms with Crippen molar-refractivity contribution in [2.45, 2.75) is 0 Å². The largest absolute Gasteiger partial charge is 0.478 e. The van der Waals surface area contributed by atoms with Crippen LogP contribution in [0.5, 0.6) is 10.9 Å². The van der Waals surface area contributed by atoms with E-state index in [9.17, 15) is 4.79 Å². The van der Waals surface area contributed by atoms with Crippen LogP contribution in [-0.4, -0.2) is 25.4 Å². The van der Waals surface area contributed by atoms with Gasteiger partial charge < -0.3 is 9.84 Å². The van der Waals surface area contributed by atoms with Crippen molar-refractivity contribution in [2.75, 3.05) is 0 Å². The molecular formula is C8H5N3O3S. The highest BCUT2D eigenvalue weighted by molar-refractivity contribution is 7.07. The van der Waals surface area contributed by atoms with Crippen molar-refractivity contribution in [3.63, 3.8) is 0 Å². The topological polar surface area (TPSA) is 85.2 Å². The molecule has 15 heavy (non-hydrogen) atoms. The molecule has 0 aromatic carbocycles. The Morgan fingerprint density at radius 1 is 1.53 bits per heavy atom. The summed E-state index contributed by atoms with van der Waals surface area (Å²) in [6, 6.07) is 1.36. The minimum atomic E-state index is -1.07. The first kappa shape index (κ1) is 9.53. The van der Waals surface area contributed by atoms with E-state index in [4.69, 9.17) is 9.84 Å². The Hall–Kier alpha value is -2.02. The van der Waals surface area contributed by atoms with Gasteiger partial charge in [-0.05, 0) is 6.07 Å². The van der Waals surface area contributed by atoms with E-state index in [0.717, 1.165) is 11.5 Å². The third-order valence-corrected chi connectivity index (χ3v) is 2.10. The van der Waals surface area contributed by atoms with Crippen molar-refractivity contribution in [3.8, 4) is 10.9 Å². The van der Waals surface area contributed by atoms with Crippen molar-refractivity contribution >= 4 is 17.5 Å². The van der Waals surface area contributed by atoms with Gasteiger partial charge in [-0.15, -0.1) is 0 Å². The first-order valence-corrected chi connectivity index (χ1v) is 4.66. The Morgan fingerprint density at radius 2 is 2.40 bits per heavy atom. The fourth-order valence-corrected chi connectivity index (χ4v) is 1.35. The van der Waals surface area contributed by atoms with Crippen molar-refractivity contribution in [1.29, 1.82) is 0 Å². The van der Waals surface area contributed by atoms with Crippen LogP contribution >= 0.6 is 11.5 Å². The lowest BCUT2D eigenvalue weighted by atomic mass is 10.2. The summed E-state index contributed by atoms with van der Waals surface area (Å²) >= 11 is 1.03. The number of nitrogens with zero attached hydrogens (tertiary/aromatic N) is 3. The smallest absolute Gasteiger partial charge is 0.339 e. The summed E-state index contributed by atoms with van der Waals surface area (Å²) in [6.07, 6.45) is 4.04. The standard InChI is InChI=1S/C8H5N3O3S/c12-7(13)5-1-2-9-3-6(5)14-8-10-4-11-15-8/h1-4H,(H,12,13). The third-order valence-electron chi connectivity index (χ3n) is 1.55. The maximum Gasteiger partial charge on any atom is 0.339 e. The van der Waals surface area contributed by atoms with Gasteiger partial charge in [-0.25, -0.2) is 4.79 Å². The third kappa shape index (κ3) is 2.08. The van der Waals surface area contributed by atoms with Crippen LogP contribution in [0.1, 0.15) is 10.4 Å². The van der Waals surface area contributed by atoms with Crippen LogP contribution in [0.15, 0.2) is 24.8 Å². The number of rotatable bonds is 3. The van der Waals surface area contributed by atoms with Gasteiger partial charge in [0, 0.05) is 17.7 Å². The second-order valence-electron chi connectivity index (χ2n) is 2.49. The predicted molar refractivity (Wildman–Crippen MR) is 51.2 cm³/mol. The van der Waals surface area contributed by atoms with Crippen molar-refractivity contribution in [1.82, 2.24) is 14.3 Å². The molecule has 0 aliphatic rings. The van der Waals surface area contributed by atoms with Crippen LogP contribution < -0.4 is 4.74 Å². The molecule has 0 bridgehead atoms. The van der Waals surface area contributed by atoms with Crippen LogP contribution in [-0.2, 0) is 0 Å². The quantitative estimate of drug-likeness (QED) is 0.847. The first-order valence-electron chi connectivity index (χ1n) is 3.89. The molecule has 1 N–H and O–H groups in total.